The highest BCUT2D eigenvalue weighted by Gasteiger charge is 2.49. The van der Waals surface area contributed by atoms with E-state index in [1.54, 1.807) is 12.4 Å². The molecule has 0 unspecified atom stereocenters. The molecule has 0 amide bonds. The number of pyridine rings is 1. The summed E-state index contributed by atoms with van der Waals surface area (Å²) < 4.78 is 1.89. The molecule has 1 aliphatic carbocycles. The Kier molecular flexibility index (Phi) is 4.88. The maximum Gasteiger partial charge on any atom is 0.173 e. The summed E-state index contributed by atoms with van der Waals surface area (Å²) in [6.45, 7) is 1.83. The van der Waals surface area contributed by atoms with Gasteiger partial charge in [0.1, 0.15) is 11.8 Å². The van der Waals surface area contributed by atoms with Crippen LogP contribution in [0.1, 0.15) is 25.3 Å². The molecule has 9 nitrogen and oxygen atoms in total. The molecule has 2 aromatic carbocycles. The van der Waals surface area contributed by atoms with E-state index in [-0.39, 0.29) is 0 Å². The number of aromatic nitrogens is 7. The number of rotatable bonds is 4. The van der Waals surface area contributed by atoms with Crippen LogP contribution in [0.15, 0.2) is 85.5 Å². The van der Waals surface area contributed by atoms with Crippen molar-refractivity contribution in [2.24, 2.45) is 5.73 Å². The van der Waals surface area contributed by atoms with Crippen LogP contribution in [0.3, 0.4) is 0 Å². The molecule has 38 heavy (non-hydrogen) atoms. The summed E-state index contributed by atoms with van der Waals surface area (Å²) >= 11 is 0. The van der Waals surface area contributed by atoms with Gasteiger partial charge in [-0.15, -0.1) is 10.2 Å². The molecule has 1 aliphatic rings. The molecule has 0 aliphatic heterocycles. The number of hydrogen-bond acceptors (Lipinski definition) is 8. The van der Waals surface area contributed by atoms with Crippen molar-refractivity contribution >= 4 is 16.8 Å². The van der Waals surface area contributed by atoms with Crippen molar-refractivity contribution in [3.05, 3.63) is 91.0 Å². The summed E-state index contributed by atoms with van der Waals surface area (Å²) in [5, 5.41) is 19.0. The summed E-state index contributed by atoms with van der Waals surface area (Å²) in [4.78, 5) is 18.5. The number of benzene rings is 2. The first-order valence-electron chi connectivity index (χ1n) is 12.4. The van der Waals surface area contributed by atoms with E-state index >= 15 is 0 Å². The second-order valence-electron chi connectivity index (χ2n) is 10.3. The quantitative estimate of drug-likeness (QED) is 0.369. The summed E-state index contributed by atoms with van der Waals surface area (Å²) in [6, 6.07) is 21.9. The largest absolute Gasteiger partial charge is 0.390 e. The van der Waals surface area contributed by atoms with Crippen LogP contribution < -0.4 is 5.73 Å². The van der Waals surface area contributed by atoms with E-state index < -0.39 is 11.1 Å². The van der Waals surface area contributed by atoms with Crippen LogP contribution in [0.4, 0.5) is 0 Å². The number of hydrogen-bond donors (Lipinski definition) is 2. The molecule has 9 heteroatoms. The molecule has 1 saturated carbocycles. The fourth-order valence-corrected chi connectivity index (χ4v) is 5.55. The molecular formula is C29H24N8O. The molecule has 1 fully saturated rings. The lowest BCUT2D eigenvalue weighted by atomic mass is 9.63. The average Bonchev–Trinajstić information content (AvgIpc) is 3.37. The van der Waals surface area contributed by atoms with Crippen LogP contribution in [0.2, 0.25) is 0 Å². The summed E-state index contributed by atoms with van der Waals surface area (Å²) in [5.41, 5.74) is 12.5. The van der Waals surface area contributed by atoms with E-state index in [2.05, 4.69) is 20.2 Å². The lowest BCUT2D eigenvalue weighted by Gasteiger charge is -2.49. The van der Waals surface area contributed by atoms with Gasteiger partial charge >= 0.3 is 0 Å². The van der Waals surface area contributed by atoms with Gasteiger partial charge in [0.2, 0.25) is 0 Å². The summed E-state index contributed by atoms with van der Waals surface area (Å²) in [6.07, 6.45) is 5.96. The Bertz CT molecular complexity index is 1790. The fraction of sp³-hybridized carbons (Fsp3) is 0.172. The maximum atomic E-state index is 10.2. The SMILES string of the molecule is C[C@]1(O)C[C@](N)(c2ccc(-c3nc4ccc5nnc(-c6cncnc6)n5c4nc3-c3ccccc3)cc2)C1. The number of nitrogens with zero attached hydrogens (tertiary/aromatic N) is 7. The van der Waals surface area contributed by atoms with E-state index in [1.165, 1.54) is 6.33 Å². The van der Waals surface area contributed by atoms with Gasteiger partial charge in [-0.3, -0.25) is 4.40 Å². The van der Waals surface area contributed by atoms with Gasteiger partial charge in [-0.25, -0.2) is 19.9 Å². The highest BCUT2D eigenvalue weighted by molar-refractivity contribution is 5.86. The van der Waals surface area contributed by atoms with Crippen molar-refractivity contribution in [1.82, 2.24) is 34.5 Å². The highest BCUT2D eigenvalue weighted by atomic mass is 16.3. The standard InChI is InChI=1S/C29H24N8O/c1-28(38)15-29(30,16-28)21-9-7-19(8-10-21)24-25(18-5-3-2-4-6-18)34-27-22(33-24)11-12-23-35-36-26(37(23)27)20-13-31-17-32-14-20/h2-14,17,38H,15-16,30H2,1H3/t28-,29+. The summed E-state index contributed by atoms with van der Waals surface area (Å²) in [5.74, 6) is 0.598. The third-order valence-electron chi connectivity index (χ3n) is 7.19. The monoisotopic (exact) mass is 500 g/mol. The molecule has 4 aromatic heterocycles. The van der Waals surface area contributed by atoms with Crippen LogP contribution in [-0.2, 0) is 5.54 Å². The molecule has 0 atom stereocenters. The third kappa shape index (κ3) is 3.63. The first-order valence-corrected chi connectivity index (χ1v) is 12.4. The van der Waals surface area contributed by atoms with Crippen molar-refractivity contribution < 1.29 is 5.11 Å². The Labute approximate surface area is 218 Å². The van der Waals surface area contributed by atoms with Gasteiger partial charge in [0.05, 0.1) is 22.6 Å². The maximum absolute atomic E-state index is 10.2. The zero-order chi connectivity index (χ0) is 25.9. The number of aliphatic hydroxyl groups is 1. The zero-order valence-corrected chi connectivity index (χ0v) is 20.7. The Balaban J connectivity index is 1.42. The Hall–Kier alpha value is -4.60. The first-order chi connectivity index (χ1) is 18.4. The molecule has 0 saturated heterocycles. The van der Waals surface area contributed by atoms with Crippen LogP contribution in [0, 0.1) is 0 Å². The molecule has 6 aromatic rings. The van der Waals surface area contributed by atoms with Gasteiger partial charge in [0.15, 0.2) is 17.1 Å². The van der Waals surface area contributed by atoms with E-state index in [4.69, 9.17) is 15.7 Å². The number of nitrogens with two attached hydrogens (primary N) is 1. The van der Waals surface area contributed by atoms with Crippen LogP contribution >= 0.6 is 0 Å². The van der Waals surface area contributed by atoms with Gasteiger partial charge in [-0.2, -0.15) is 0 Å². The molecule has 0 bridgehead atoms. The fourth-order valence-electron chi connectivity index (χ4n) is 5.55. The van der Waals surface area contributed by atoms with E-state index in [0.717, 1.165) is 33.6 Å². The molecule has 0 radical (unpaired) electrons. The van der Waals surface area contributed by atoms with Crippen molar-refractivity contribution in [2.45, 2.75) is 30.9 Å². The zero-order valence-electron chi connectivity index (χ0n) is 20.7. The molecular weight excluding hydrogens is 476 g/mol. The molecule has 4 heterocycles. The predicted molar refractivity (Wildman–Crippen MR) is 144 cm³/mol. The van der Waals surface area contributed by atoms with Crippen LogP contribution in [0.5, 0.6) is 0 Å². The topological polar surface area (TPSA) is 128 Å². The lowest BCUT2D eigenvalue weighted by Crippen LogP contribution is -2.58. The van der Waals surface area contributed by atoms with Crippen molar-refractivity contribution in [2.75, 3.05) is 0 Å². The average molecular weight is 501 g/mol. The normalized spacial score (nSPS) is 21.0. The number of fused-ring (bicyclic) bond motifs is 3. The third-order valence-corrected chi connectivity index (χ3v) is 7.19. The Morgan fingerprint density at radius 3 is 2.18 bits per heavy atom. The molecule has 7 rings (SSSR count). The van der Waals surface area contributed by atoms with Crippen LogP contribution in [-0.4, -0.2) is 45.2 Å². The minimum absolute atomic E-state index is 0.517. The highest BCUT2D eigenvalue weighted by Crippen LogP contribution is 2.46. The van der Waals surface area contributed by atoms with E-state index in [0.29, 0.717) is 35.5 Å². The minimum atomic E-state index is -0.712. The molecule has 186 valence electrons. The predicted octanol–water partition coefficient (Wildman–Crippen LogP) is 4.16. The van der Waals surface area contributed by atoms with Crippen LogP contribution in [0.25, 0.3) is 50.7 Å². The lowest BCUT2D eigenvalue weighted by molar-refractivity contribution is -0.0738. The molecule has 0 spiro atoms. The smallest absolute Gasteiger partial charge is 0.173 e. The molecule has 3 N–H and O–H groups in total. The van der Waals surface area contributed by atoms with Gasteiger partial charge < -0.3 is 10.8 Å². The second kappa shape index (κ2) is 8.20. The van der Waals surface area contributed by atoms with Crippen molar-refractivity contribution in [3.8, 4) is 33.9 Å². The Morgan fingerprint density at radius 2 is 1.47 bits per heavy atom. The van der Waals surface area contributed by atoms with Crippen molar-refractivity contribution in [1.29, 1.82) is 0 Å². The summed E-state index contributed by atoms with van der Waals surface area (Å²) in [7, 11) is 0. The van der Waals surface area contributed by atoms with Gasteiger partial charge in [-0.05, 0) is 37.5 Å². The van der Waals surface area contributed by atoms with Gasteiger partial charge in [-0.1, -0.05) is 54.6 Å². The van der Waals surface area contributed by atoms with E-state index in [1.807, 2.05) is 78.1 Å². The Morgan fingerprint density at radius 1 is 0.789 bits per heavy atom. The first kappa shape index (κ1) is 22.6. The second-order valence-corrected chi connectivity index (χ2v) is 10.3. The van der Waals surface area contributed by atoms with Gasteiger partial charge in [0, 0.05) is 29.1 Å². The minimum Gasteiger partial charge on any atom is -0.390 e. The van der Waals surface area contributed by atoms with Crippen molar-refractivity contribution in [3.63, 3.8) is 0 Å². The van der Waals surface area contributed by atoms with Gasteiger partial charge in [0.25, 0.3) is 0 Å². The van der Waals surface area contributed by atoms with E-state index in [9.17, 15) is 5.11 Å².